The molecular weight excluding hydrogens is 466 g/mol. The molecule has 1 aromatic heterocycles. The van der Waals surface area contributed by atoms with Crippen LogP contribution in [0, 0.1) is 18.8 Å². The molecule has 4 N–H and O–H groups in total. The van der Waals surface area contributed by atoms with Crippen LogP contribution in [0.4, 0.5) is 11.5 Å². The zero-order chi connectivity index (χ0) is 26.3. The van der Waals surface area contributed by atoms with E-state index in [1.165, 1.54) is 0 Å². The molecule has 2 aliphatic heterocycles. The van der Waals surface area contributed by atoms with Gasteiger partial charge in [0.05, 0.1) is 5.56 Å². The standard InChI is InChI=1S/C29H37N5O3/c1-16(2)14-31-25-13-23(17(3)10-24(25)28(30)36)29(37)33-20-11-21-7-8-22(12-20)34(21)26-9-6-19(15-32-26)27(35)18-4-5-18/h6,9-10,13,15-16,18,20-22,31H,4-5,7-8,11-12,14H2,1-3H3,(H2,30,36)(H,33,37). The number of nitrogens with one attached hydrogen (secondary N) is 2. The number of fused-ring (bicyclic) bond motifs is 2. The Bertz CT molecular complexity index is 1190. The molecule has 8 nitrogen and oxygen atoms in total. The summed E-state index contributed by atoms with van der Waals surface area (Å²) in [5.41, 5.74) is 8.59. The molecule has 2 unspecified atom stereocenters. The number of Topliss-reactive ketones (excluding diaryl/α,β-unsaturated/α-hetero) is 1. The Morgan fingerprint density at radius 1 is 1.05 bits per heavy atom. The Balaban J connectivity index is 1.26. The topological polar surface area (TPSA) is 117 Å². The smallest absolute Gasteiger partial charge is 0.251 e. The Morgan fingerprint density at radius 3 is 2.32 bits per heavy atom. The number of piperidine rings is 1. The highest BCUT2D eigenvalue weighted by molar-refractivity contribution is 6.03. The summed E-state index contributed by atoms with van der Waals surface area (Å²) in [6, 6.07) is 8.04. The SMILES string of the molecule is Cc1cc(C(N)=O)c(NCC(C)C)cc1C(=O)NC1CC2CCC(C1)N2c1ccc(C(=O)C2CC2)cn1. The van der Waals surface area contributed by atoms with E-state index < -0.39 is 5.91 Å². The largest absolute Gasteiger partial charge is 0.384 e. The Morgan fingerprint density at radius 2 is 1.76 bits per heavy atom. The predicted octanol–water partition coefficient (Wildman–Crippen LogP) is 4.08. The van der Waals surface area contributed by atoms with E-state index in [0.29, 0.717) is 46.9 Å². The first-order valence-corrected chi connectivity index (χ1v) is 13.5. The van der Waals surface area contributed by atoms with Gasteiger partial charge in [-0.3, -0.25) is 14.4 Å². The molecule has 1 aromatic carbocycles. The molecule has 2 saturated heterocycles. The van der Waals surface area contributed by atoms with Crippen LogP contribution in [0.3, 0.4) is 0 Å². The van der Waals surface area contributed by atoms with Crippen LogP contribution in [0.2, 0.25) is 0 Å². The number of carbonyl (C=O) groups is 3. The second-order valence-electron chi connectivity index (χ2n) is 11.3. The quantitative estimate of drug-likeness (QED) is 0.444. The van der Waals surface area contributed by atoms with Gasteiger partial charge >= 0.3 is 0 Å². The monoisotopic (exact) mass is 503 g/mol. The summed E-state index contributed by atoms with van der Waals surface area (Å²) in [7, 11) is 0. The number of hydrogen-bond acceptors (Lipinski definition) is 6. The van der Waals surface area contributed by atoms with E-state index in [1.807, 2.05) is 19.1 Å². The van der Waals surface area contributed by atoms with Crippen molar-refractivity contribution in [2.45, 2.75) is 77.4 Å². The minimum absolute atomic E-state index is 0.0688. The number of carbonyl (C=O) groups excluding carboxylic acids is 3. The van der Waals surface area contributed by atoms with Crippen molar-refractivity contribution in [1.29, 1.82) is 0 Å². The number of hydrogen-bond donors (Lipinski definition) is 3. The number of anilines is 2. The van der Waals surface area contributed by atoms with Gasteiger partial charge < -0.3 is 21.3 Å². The molecule has 3 fully saturated rings. The van der Waals surface area contributed by atoms with Gasteiger partial charge in [-0.25, -0.2) is 4.98 Å². The number of amides is 2. The van der Waals surface area contributed by atoms with Crippen molar-refractivity contribution in [2.24, 2.45) is 17.6 Å². The van der Waals surface area contributed by atoms with Crippen LogP contribution in [0.25, 0.3) is 0 Å². The zero-order valence-electron chi connectivity index (χ0n) is 21.9. The molecule has 1 aliphatic carbocycles. The molecular formula is C29H37N5O3. The third-order valence-electron chi connectivity index (χ3n) is 7.89. The first-order valence-electron chi connectivity index (χ1n) is 13.5. The fraction of sp³-hybridized carbons (Fsp3) is 0.517. The minimum Gasteiger partial charge on any atom is -0.384 e. The van der Waals surface area contributed by atoms with Gasteiger partial charge in [0, 0.05) is 53.6 Å². The van der Waals surface area contributed by atoms with Gasteiger partial charge in [0.15, 0.2) is 5.78 Å². The third-order valence-corrected chi connectivity index (χ3v) is 7.89. The molecule has 1 saturated carbocycles. The van der Waals surface area contributed by atoms with Gasteiger partial charge in [0.25, 0.3) is 11.8 Å². The van der Waals surface area contributed by atoms with Crippen LogP contribution in [0.1, 0.15) is 89.0 Å². The fourth-order valence-corrected chi connectivity index (χ4v) is 5.81. The van der Waals surface area contributed by atoms with Crippen molar-refractivity contribution in [3.63, 3.8) is 0 Å². The maximum Gasteiger partial charge on any atom is 0.251 e. The van der Waals surface area contributed by atoms with Gasteiger partial charge in [-0.05, 0) is 81.2 Å². The van der Waals surface area contributed by atoms with Crippen LogP contribution < -0.4 is 21.3 Å². The molecule has 196 valence electrons. The third kappa shape index (κ3) is 5.33. The fourth-order valence-electron chi connectivity index (χ4n) is 5.81. The number of primary amides is 1. The Labute approximate surface area is 218 Å². The van der Waals surface area contributed by atoms with Crippen molar-refractivity contribution < 1.29 is 14.4 Å². The molecule has 0 radical (unpaired) electrons. The number of pyridine rings is 1. The lowest BCUT2D eigenvalue weighted by Gasteiger charge is -2.40. The molecule has 2 bridgehead atoms. The molecule has 3 heterocycles. The van der Waals surface area contributed by atoms with Crippen LogP contribution in [-0.4, -0.2) is 47.3 Å². The molecule has 0 spiro atoms. The van der Waals surface area contributed by atoms with E-state index in [-0.39, 0.29) is 23.7 Å². The van der Waals surface area contributed by atoms with Crippen molar-refractivity contribution in [2.75, 3.05) is 16.8 Å². The maximum absolute atomic E-state index is 13.3. The van der Waals surface area contributed by atoms with Crippen LogP contribution in [-0.2, 0) is 0 Å². The van der Waals surface area contributed by atoms with E-state index in [1.54, 1.807) is 18.3 Å². The second-order valence-corrected chi connectivity index (χ2v) is 11.3. The summed E-state index contributed by atoms with van der Waals surface area (Å²) in [6.07, 6.45) is 7.55. The Hall–Kier alpha value is -3.42. The summed E-state index contributed by atoms with van der Waals surface area (Å²) < 4.78 is 0. The lowest BCUT2D eigenvalue weighted by atomic mass is 9.95. The second kappa shape index (κ2) is 10.1. The van der Waals surface area contributed by atoms with Crippen LogP contribution in [0.5, 0.6) is 0 Å². The molecule has 5 rings (SSSR count). The van der Waals surface area contributed by atoms with E-state index in [9.17, 15) is 14.4 Å². The first-order chi connectivity index (χ1) is 17.7. The lowest BCUT2D eigenvalue weighted by molar-refractivity contribution is 0.0923. The average Bonchev–Trinajstić information content (AvgIpc) is 3.67. The van der Waals surface area contributed by atoms with Gasteiger partial charge in [-0.15, -0.1) is 0 Å². The number of nitrogens with two attached hydrogens (primary N) is 1. The van der Waals surface area contributed by atoms with Gasteiger partial charge in [-0.1, -0.05) is 13.8 Å². The number of benzene rings is 1. The first kappa shape index (κ1) is 25.2. The van der Waals surface area contributed by atoms with Crippen molar-refractivity contribution >= 4 is 29.1 Å². The van der Waals surface area contributed by atoms with Gasteiger partial charge in [-0.2, -0.15) is 0 Å². The zero-order valence-corrected chi connectivity index (χ0v) is 21.9. The van der Waals surface area contributed by atoms with Gasteiger partial charge in [0.2, 0.25) is 0 Å². The summed E-state index contributed by atoms with van der Waals surface area (Å²) in [5, 5.41) is 6.53. The average molecular weight is 504 g/mol. The summed E-state index contributed by atoms with van der Waals surface area (Å²) in [4.78, 5) is 44.7. The molecule has 8 heteroatoms. The number of aromatic nitrogens is 1. The summed E-state index contributed by atoms with van der Waals surface area (Å²) in [5.74, 6) is 1.07. The highest BCUT2D eigenvalue weighted by Gasteiger charge is 2.42. The molecule has 3 aliphatic rings. The van der Waals surface area contributed by atoms with Crippen molar-refractivity contribution in [3.8, 4) is 0 Å². The lowest BCUT2D eigenvalue weighted by Crippen LogP contribution is -2.50. The molecule has 2 aromatic rings. The maximum atomic E-state index is 13.3. The van der Waals surface area contributed by atoms with Crippen molar-refractivity contribution in [1.82, 2.24) is 10.3 Å². The molecule has 37 heavy (non-hydrogen) atoms. The van der Waals surface area contributed by atoms with E-state index in [4.69, 9.17) is 5.73 Å². The molecule has 2 amide bonds. The number of aryl methyl sites for hydroxylation is 1. The van der Waals surface area contributed by atoms with Crippen molar-refractivity contribution in [3.05, 3.63) is 52.7 Å². The summed E-state index contributed by atoms with van der Waals surface area (Å²) in [6.45, 7) is 6.67. The van der Waals surface area contributed by atoms with Gasteiger partial charge in [0.1, 0.15) is 5.82 Å². The summed E-state index contributed by atoms with van der Waals surface area (Å²) >= 11 is 0. The van der Waals surface area contributed by atoms with E-state index in [2.05, 4.69) is 34.4 Å². The van der Waals surface area contributed by atoms with E-state index >= 15 is 0 Å². The van der Waals surface area contributed by atoms with Crippen LogP contribution >= 0.6 is 0 Å². The highest BCUT2D eigenvalue weighted by Crippen LogP contribution is 2.39. The number of ketones is 1. The number of rotatable bonds is 9. The number of nitrogens with zero attached hydrogens (tertiary/aromatic N) is 2. The highest BCUT2D eigenvalue weighted by atomic mass is 16.2. The molecule has 2 atom stereocenters. The Kier molecular flexibility index (Phi) is 6.92. The minimum atomic E-state index is -0.510. The normalized spacial score (nSPS) is 22.7. The van der Waals surface area contributed by atoms with E-state index in [0.717, 1.165) is 49.9 Å². The predicted molar refractivity (Wildman–Crippen MR) is 144 cm³/mol. The van der Waals surface area contributed by atoms with Crippen LogP contribution in [0.15, 0.2) is 30.5 Å².